The number of hydrogen-bond acceptors (Lipinski definition) is 6. The molecule has 0 bridgehead atoms. The summed E-state index contributed by atoms with van der Waals surface area (Å²) in [7, 11) is 5.58. The molecule has 4 aromatic rings. The summed E-state index contributed by atoms with van der Waals surface area (Å²) in [5.41, 5.74) is 3.22. The van der Waals surface area contributed by atoms with Crippen molar-refractivity contribution in [3.8, 4) is 11.1 Å². The Morgan fingerprint density at radius 2 is 1.90 bits per heavy atom. The van der Waals surface area contributed by atoms with Gasteiger partial charge < -0.3 is 14.2 Å². The lowest BCUT2D eigenvalue weighted by atomic mass is 10.1. The van der Waals surface area contributed by atoms with E-state index in [4.69, 9.17) is 4.74 Å². The molecule has 0 aliphatic heterocycles. The molecule has 0 unspecified atom stereocenters. The lowest BCUT2D eigenvalue weighted by Crippen LogP contribution is -2.24. The molecule has 0 saturated carbocycles. The van der Waals surface area contributed by atoms with E-state index in [2.05, 4.69) is 20.2 Å². The topological polar surface area (TPSA) is 77.5 Å². The Morgan fingerprint density at radius 3 is 2.60 bits per heavy atom. The number of aromatic nitrogens is 5. The predicted molar refractivity (Wildman–Crippen MR) is 112 cm³/mol. The van der Waals surface area contributed by atoms with Gasteiger partial charge in [0.15, 0.2) is 11.2 Å². The largest absolute Gasteiger partial charge is 0.378 e. The SMILES string of the molecule is COCc1nn2c(nnc3c(=O)n(CCCN(C)C)ccc32)c1-c1ccc(F)cc1. The molecule has 0 aliphatic rings. The number of nitrogens with zero attached hydrogens (tertiary/aromatic N) is 6. The van der Waals surface area contributed by atoms with E-state index >= 15 is 0 Å². The zero-order valence-corrected chi connectivity index (χ0v) is 17.2. The molecule has 0 amide bonds. The van der Waals surface area contributed by atoms with Gasteiger partial charge in [0, 0.05) is 19.9 Å². The Labute approximate surface area is 172 Å². The molecule has 8 nitrogen and oxygen atoms in total. The number of ether oxygens (including phenoxy) is 1. The van der Waals surface area contributed by atoms with Crippen LogP contribution in [0.4, 0.5) is 4.39 Å². The van der Waals surface area contributed by atoms with E-state index in [9.17, 15) is 9.18 Å². The molecule has 3 aromatic heterocycles. The molecule has 0 atom stereocenters. The van der Waals surface area contributed by atoms with Crippen LogP contribution in [0.1, 0.15) is 12.1 Å². The fourth-order valence-corrected chi connectivity index (χ4v) is 3.51. The Kier molecular flexibility index (Phi) is 5.56. The Hall–Kier alpha value is -3.17. The van der Waals surface area contributed by atoms with Gasteiger partial charge in [-0.05, 0) is 50.8 Å². The molecule has 156 valence electrons. The van der Waals surface area contributed by atoms with E-state index in [1.54, 1.807) is 34.5 Å². The minimum absolute atomic E-state index is 0.201. The van der Waals surface area contributed by atoms with Crippen LogP contribution in [0.5, 0.6) is 0 Å². The van der Waals surface area contributed by atoms with Gasteiger partial charge in [0.25, 0.3) is 5.56 Å². The van der Waals surface area contributed by atoms with E-state index < -0.39 is 0 Å². The summed E-state index contributed by atoms with van der Waals surface area (Å²) in [5, 5.41) is 13.1. The van der Waals surface area contributed by atoms with Crippen molar-refractivity contribution in [2.45, 2.75) is 19.6 Å². The van der Waals surface area contributed by atoms with Crippen molar-refractivity contribution in [3.63, 3.8) is 0 Å². The van der Waals surface area contributed by atoms with Crippen LogP contribution in [-0.4, -0.2) is 57.0 Å². The monoisotopic (exact) mass is 410 g/mol. The number of hydrogen-bond donors (Lipinski definition) is 0. The first-order valence-corrected chi connectivity index (χ1v) is 9.66. The van der Waals surface area contributed by atoms with Crippen LogP contribution in [0.15, 0.2) is 41.3 Å². The lowest BCUT2D eigenvalue weighted by molar-refractivity contribution is 0.181. The minimum atomic E-state index is -0.324. The summed E-state index contributed by atoms with van der Waals surface area (Å²) in [6.45, 7) is 1.73. The highest BCUT2D eigenvalue weighted by Gasteiger charge is 2.19. The fourth-order valence-electron chi connectivity index (χ4n) is 3.51. The van der Waals surface area contributed by atoms with Crippen LogP contribution < -0.4 is 5.56 Å². The van der Waals surface area contributed by atoms with Crippen molar-refractivity contribution in [2.24, 2.45) is 0 Å². The summed E-state index contributed by atoms with van der Waals surface area (Å²) >= 11 is 0. The van der Waals surface area contributed by atoms with Gasteiger partial charge in [-0.3, -0.25) is 4.79 Å². The molecule has 9 heteroatoms. The maximum absolute atomic E-state index is 13.4. The summed E-state index contributed by atoms with van der Waals surface area (Å²) in [5.74, 6) is -0.324. The van der Waals surface area contributed by atoms with Gasteiger partial charge in [-0.2, -0.15) is 5.10 Å². The molecule has 0 fully saturated rings. The molecule has 3 heterocycles. The molecule has 4 rings (SSSR count). The lowest BCUT2D eigenvalue weighted by Gasteiger charge is -2.11. The van der Waals surface area contributed by atoms with E-state index in [0.717, 1.165) is 18.5 Å². The Bertz CT molecular complexity index is 1250. The van der Waals surface area contributed by atoms with Crippen LogP contribution in [0.3, 0.4) is 0 Å². The van der Waals surface area contributed by atoms with Gasteiger partial charge in [-0.1, -0.05) is 12.1 Å². The number of methoxy groups -OCH3 is 1. The number of fused-ring (bicyclic) bond motifs is 3. The van der Waals surface area contributed by atoms with Crippen molar-refractivity contribution in [3.05, 3.63) is 58.4 Å². The highest BCUT2D eigenvalue weighted by Crippen LogP contribution is 2.29. The van der Waals surface area contributed by atoms with Crippen molar-refractivity contribution in [1.29, 1.82) is 0 Å². The van der Waals surface area contributed by atoms with Crippen LogP contribution in [0.25, 0.3) is 27.8 Å². The summed E-state index contributed by atoms with van der Waals surface area (Å²) in [4.78, 5) is 15.0. The summed E-state index contributed by atoms with van der Waals surface area (Å²) < 4.78 is 22.0. The van der Waals surface area contributed by atoms with E-state index in [-0.39, 0.29) is 23.5 Å². The molecule has 0 saturated heterocycles. The quantitative estimate of drug-likeness (QED) is 0.465. The van der Waals surface area contributed by atoms with Crippen LogP contribution in [0, 0.1) is 5.82 Å². The molecule has 1 aromatic carbocycles. The van der Waals surface area contributed by atoms with Crippen molar-refractivity contribution in [1.82, 2.24) is 29.3 Å². The smallest absolute Gasteiger partial charge is 0.280 e. The first kappa shape index (κ1) is 20.1. The third kappa shape index (κ3) is 3.69. The predicted octanol–water partition coefficient (Wildman–Crippen LogP) is 2.34. The zero-order chi connectivity index (χ0) is 21.3. The van der Waals surface area contributed by atoms with Crippen molar-refractivity contribution in [2.75, 3.05) is 27.7 Å². The molecule has 0 radical (unpaired) electrons. The summed E-state index contributed by atoms with van der Waals surface area (Å²) in [6.07, 6.45) is 2.61. The molecule has 30 heavy (non-hydrogen) atoms. The fraction of sp³-hybridized carbons (Fsp3) is 0.333. The zero-order valence-electron chi connectivity index (χ0n) is 17.2. The van der Waals surface area contributed by atoms with Crippen LogP contribution in [-0.2, 0) is 17.9 Å². The molecule has 0 aliphatic carbocycles. The van der Waals surface area contributed by atoms with Crippen molar-refractivity contribution >= 4 is 16.7 Å². The van der Waals surface area contributed by atoms with Gasteiger partial charge in [0.2, 0.25) is 0 Å². The van der Waals surface area contributed by atoms with Gasteiger partial charge in [-0.25, -0.2) is 8.91 Å². The Morgan fingerprint density at radius 1 is 1.13 bits per heavy atom. The number of aryl methyl sites for hydroxylation is 1. The average molecular weight is 410 g/mol. The second-order valence-electron chi connectivity index (χ2n) is 7.40. The van der Waals surface area contributed by atoms with Gasteiger partial charge >= 0.3 is 0 Å². The third-order valence-corrected chi connectivity index (χ3v) is 4.94. The van der Waals surface area contributed by atoms with Crippen LogP contribution in [0.2, 0.25) is 0 Å². The highest BCUT2D eigenvalue weighted by atomic mass is 19.1. The number of pyridine rings is 1. The number of benzene rings is 1. The molecule has 0 N–H and O–H groups in total. The number of rotatable bonds is 7. The van der Waals surface area contributed by atoms with Gasteiger partial charge in [-0.15, -0.1) is 10.2 Å². The van der Waals surface area contributed by atoms with E-state index in [1.165, 1.54) is 12.1 Å². The maximum atomic E-state index is 13.4. The first-order valence-electron chi connectivity index (χ1n) is 9.66. The van der Waals surface area contributed by atoms with Gasteiger partial charge in [0.05, 0.1) is 17.9 Å². The summed E-state index contributed by atoms with van der Waals surface area (Å²) in [6, 6.07) is 7.93. The minimum Gasteiger partial charge on any atom is -0.378 e. The van der Waals surface area contributed by atoms with Crippen LogP contribution >= 0.6 is 0 Å². The normalized spacial score (nSPS) is 11.8. The molecular weight excluding hydrogens is 387 g/mol. The van der Waals surface area contributed by atoms with Gasteiger partial charge in [0.1, 0.15) is 11.3 Å². The first-order chi connectivity index (χ1) is 14.5. The molecular formula is C21H23FN6O2. The number of halogens is 1. The highest BCUT2D eigenvalue weighted by molar-refractivity contribution is 5.84. The van der Waals surface area contributed by atoms with E-state index in [0.29, 0.717) is 29.0 Å². The average Bonchev–Trinajstić information content (AvgIpc) is 3.09. The maximum Gasteiger partial charge on any atom is 0.280 e. The van der Waals surface area contributed by atoms with Crippen molar-refractivity contribution < 1.29 is 9.13 Å². The third-order valence-electron chi connectivity index (χ3n) is 4.94. The van der Waals surface area contributed by atoms with E-state index in [1.807, 2.05) is 20.2 Å². The Balaban J connectivity index is 1.86. The second kappa shape index (κ2) is 8.29. The standard InChI is InChI=1S/C21H23FN6O2/c1-26(2)10-4-11-27-12-9-17-19(21(27)29)23-24-20-18(14-5-7-15(22)8-6-14)16(13-30-3)25-28(17)20/h5-9,12H,4,10-11,13H2,1-3H3. The second-order valence-corrected chi connectivity index (χ2v) is 7.40. The molecule has 0 spiro atoms.